The Morgan fingerprint density at radius 3 is 2.11 bits per heavy atom. The number of pyridine rings is 1. The molecule has 0 fully saturated rings. The van der Waals surface area contributed by atoms with Gasteiger partial charge in [-0.2, -0.15) is 0 Å². The molecule has 0 radical (unpaired) electrons. The lowest BCUT2D eigenvalue weighted by Gasteiger charge is -2.09. The number of amides is 1. The van der Waals surface area contributed by atoms with Gasteiger partial charge in [0.1, 0.15) is 11.6 Å². The summed E-state index contributed by atoms with van der Waals surface area (Å²) in [6, 6.07) is 17.8. The summed E-state index contributed by atoms with van der Waals surface area (Å²) in [7, 11) is 0. The second-order valence-electron chi connectivity index (χ2n) is 6.10. The van der Waals surface area contributed by atoms with Gasteiger partial charge in [0.15, 0.2) is 5.78 Å². The standard InChI is InChI=1S/C22H21N3O3/c1-3-28-20-11-9-18(10-12-20)24-21-13-6-17(14-23-21)22(27)25-19-7-4-16(5-8-19)15(2)26/h4-14H,3H2,1-2H3,(H,23,24)(H,25,27). The summed E-state index contributed by atoms with van der Waals surface area (Å²) in [4.78, 5) is 27.9. The van der Waals surface area contributed by atoms with Crippen LogP contribution in [0.3, 0.4) is 0 Å². The highest BCUT2D eigenvalue weighted by Gasteiger charge is 2.08. The summed E-state index contributed by atoms with van der Waals surface area (Å²) < 4.78 is 5.42. The van der Waals surface area contributed by atoms with Gasteiger partial charge in [-0.1, -0.05) is 0 Å². The Labute approximate surface area is 163 Å². The highest BCUT2D eigenvalue weighted by atomic mass is 16.5. The molecule has 1 aromatic heterocycles. The molecule has 142 valence electrons. The smallest absolute Gasteiger partial charge is 0.257 e. The lowest BCUT2D eigenvalue weighted by molar-refractivity contribution is 0.101. The maximum Gasteiger partial charge on any atom is 0.257 e. The Hall–Kier alpha value is -3.67. The molecule has 0 spiro atoms. The number of anilines is 3. The molecule has 0 saturated carbocycles. The molecule has 1 amide bonds. The van der Waals surface area contributed by atoms with E-state index in [9.17, 15) is 9.59 Å². The number of aromatic nitrogens is 1. The van der Waals surface area contributed by atoms with E-state index in [1.807, 2.05) is 31.2 Å². The number of nitrogens with zero attached hydrogens (tertiary/aromatic N) is 1. The number of ketones is 1. The van der Waals surface area contributed by atoms with Crippen LogP contribution in [-0.4, -0.2) is 23.3 Å². The summed E-state index contributed by atoms with van der Waals surface area (Å²) >= 11 is 0. The molecule has 0 aliphatic heterocycles. The topological polar surface area (TPSA) is 80.3 Å². The van der Waals surface area contributed by atoms with Crippen molar-refractivity contribution in [3.63, 3.8) is 0 Å². The van der Waals surface area contributed by atoms with E-state index < -0.39 is 0 Å². The van der Waals surface area contributed by atoms with Gasteiger partial charge in [-0.3, -0.25) is 9.59 Å². The number of carbonyl (C=O) groups is 2. The molecule has 0 atom stereocenters. The molecule has 0 unspecified atom stereocenters. The van der Waals surface area contributed by atoms with Crippen molar-refractivity contribution in [3.05, 3.63) is 78.0 Å². The minimum Gasteiger partial charge on any atom is -0.494 e. The summed E-state index contributed by atoms with van der Waals surface area (Å²) in [5, 5.41) is 5.96. The second-order valence-corrected chi connectivity index (χ2v) is 6.10. The van der Waals surface area contributed by atoms with Crippen LogP contribution in [0.25, 0.3) is 0 Å². The van der Waals surface area contributed by atoms with Crippen molar-refractivity contribution in [2.45, 2.75) is 13.8 Å². The van der Waals surface area contributed by atoms with Crippen molar-refractivity contribution < 1.29 is 14.3 Å². The SMILES string of the molecule is CCOc1ccc(Nc2ccc(C(=O)Nc3ccc(C(C)=O)cc3)cn2)cc1. The lowest BCUT2D eigenvalue weighted by Crippen LogP contribution is -2.12. The fourth-order valence-corrected chi connectivity index (χ4v) is 2.54. The lowest BCUT2D eigenvalue weighted by atomic mass is 10.1. The van der Waals surface area contributed by atoms with Gasteiger partial charge >= 0.3 is 0 Å². The van der Waals surface area contributed by atoms with E-state index >= 15 is 0 Å². The van der Waals surface area contributed by atoms with Crippen LogP contribution in [0.5, 0.6) is 5.75 Å². The molecule has 6 heteroatoms. The molecule has 3 rings (SSSR count). The van der Waals surface area contributed by atoms with Gasteiger partial charge in [-0.25, -0.2) is 4.98 Å². The van der Waals surface area contributed by atoms with Gasteiger partial charge in [-0.15, -0.1) is 0 Å². The molecule has 0 aliphatic rings. The number of rotatable bonds is 7. The van der Waals surface area contributed by atoms with Gasteiger partial charge < -0.3 is 15.4 Å². The van der Waals surface area contributed by atoms with Crippen molar-refractivity contribution in [2.75, 3.05) is 17.2 Å². The maximum absolute atomic E-state index is 12.3. The minimum absolute atomic E-state index is 0.0160. The third kappa shape index (κ3) is 4.94. The van der Waals surface area contributed by atoms with Crippen LogP contribution in [0.2, 0.25) is 0 Å². The van der Waals surface area contributed by atoms with E-state index in [-0.39, 0.29) is 11.7 Å². The Kier molecular flexibility index (Phi) is 6.01. The maximum atomic E-state index is 12.3. The van der Waals surface area contributed by atoms with Crippen molar-refractivity contribution in [3.8, 4) is 5.75 Å². The molecule has 0 saturated heterocycles. The molecule has 2 N–H and O–H groups in total. The largest absolute Gasteiger partial charge is 0.494 e. The van der Waals surface area contributed by atoms with Crippen molar-refractivity contribution >= 4 is 28.9 Å². The molecule has 0 aliphatic carbocycles. The Morgan fingerprint density at radius 2 is 1.54 bits per heavy atom. The zero-order chi connectivity index (χ0) is 19.9. The third-order valence-electron chi connectivity index (χ3n) is 4.01. The van der Waals surface area contributed by atoms with Gasteiger partial charge in [0.25, 0.3) is 5.91 Å². The number of benzene rings is 2. The van der Waals surface area contributed by atoms with E-state index in [1.54, 1.807) is 36.4 Å². The molecular formula is C22H21N3O3. The van der Waals surface area contributed by atoms with Crippen LogP contribution in [0.4, 0.5) is 17.2 Å². The number of nitrogens with one attached hydrogen (secondary N) is 2. The van der Waals surface area contributed by atoms with Crippen molar-refractivity contribution in [1.29, 1.82) is 0 Å². The average Bonchev–Trinajstić information content (AvgIpc) is 2.70. The first kappa shape index (κ1) is 19.1. The molecule has 2 aromatic carbocycles. The van der Waals surface area contributed by atoms with Crippen LogP contribution in [0.1, 0.15) is 34.6 Å². The number of carbonyl (C=O) groups excluding carboxylic acids is 2. The first-order chi connectivity index (χ1) is 13.5. The Morgan fingerprint density at radius 1 is 0.893 bits per heavy atom. The number of hydrogen-bond donors (Lipinski definition) is 2. The fraction of sp³-hybridized carbons (Fsp3) is 0.136. The second kappa shape index (κ2) is 8.81. The predicted molar refractivity (Wildman–Crippen MR) is 110 cm³/mol. The van der Waals surface area contributed by atoms with Crippen LogP contribution in [0.15, 0.2) is 66.9 Å². The number of Topliss-reactive ketones (excluding diaryl/α,β-unsaturated/α-hetero) is 1. The minimum atomic E-state index is -0.268. The van der Waals surface area contributed by atoms with Crippen LogP contribution in [0, 0.1) is 0 Å². The number of hydrogen-bond acceptors (Lipinski definition) is 5. The molecule has 0 bridgehead atoms. The van der Waals surface area contributed by atoms with Crippen molar-refractivity contribution in [2.24, 2.45) is 0 Å². The molecule has 3 aromatic rings. The highest BCUT2D eigenvalue weighted by molar-refractivity contribution is 6.04. The number of ether oxygens (including phenoxy) is 1. The zero-order valence-electron chi connectivity index (χ0n) is 15.7. The van der Waals surface area contributed by atoms with Gasteiger partial charge in [-0.05, 0) is 74.5 Å². The molecule has 6 nitrogen and oxygen atoms in total. The van der Waals surface area contributed by atoms with Gasteiger partial charge in [0.2, 0.25) is 0 Å². The Bertz CT molecular complexity index is 950. The van der Waals surface area contributed by atoms with Gasteiger partial charge in [0.05, 0.1) is 12.2 Å². The van der Waals surface area contributed by atoms with E-state index in [1.165, 1.54) is 13.1 Å². The van der Waals surface area contributed by atoms with E-state index in [4.69, 9.17) is 4.74 Å². The summed E-state index contributed by atoms with van der Waals surface area (Å²) in [6.07, 6.45) is 1.51. The quantitative estimate of drug-likeness (QED) is 0.586. The third-order valence-corrected chi connectivity index (χ3v) is 4.01. The zero-order valence-corrected chi connectivity index (χ0v) is 15.7. The predicted octanol–water partition coefficient (Wildman–Crippen LogP) is 4.68. The highest BCUT2D eigenvalue weighted by Crippen LogP contribution is 2.19. The van der Waals surface area contributed by atoms with Gasteiger partial charge in [0, 0.05) is 23.1 Å². The first-order valence-corrected chi connectivity index (χ1v) is 8.93. The van der Waals surface area contributed by atoms with Crippen LogP contribution in [-0.2, 0) is 0 Å². The normalized spacial score (nSPS) is 10.2. The van der Waals surface area contributed by atoms with Crippen LogP contribution < -0.4 is 15.4 Å². The molecule has 1 heterocycles. The van der Waals surface area contributed by atoms with E-state index in [0.29, 0.717) is 29.2 Å². The van der Waals surface area contributed by atoms with Crippen molar-refractivity contribution in [1.82, 2.24) is 4.98 Å². The Balaban J connectivity index is 1.61. The average molecular weight is 375 g/mol. The fourth-order valence-electron chi connectivity index (χ4n) is 2.54. The molecule has 28 heavy (non-hydrogen) atoms. The first-order valence-electron chi connectivity index (χ1n) is 8.93. The van der Waals surface area contributed by atoms with Crippen LogP contribution >= 0.6 is 0 Å². The summed E-state index contributed by atoms with van der Waals surface area (Å²) in [5.74, 6) is 1.16. The van der Waals surface area contributed by atoms with E-state index in [0.717, 1.165) is 11.4 Å². The van der Waals surface area contributed by atoms with E-state index in [2.05, 4.69) is 15.6 Å². The molecular weight excluding hydrogens is 354 g/mol. The summed E-state index contributed by atoms with van der Waals surface area (Å²) in [6.45, 7) is 4.07. The summed E-state index contributed by atoms with van der Waals surface area (Å²) in [5.41, 5.74) is 2.53. The monoisotopic (exact) mass is 375 g/mol.